The topological polar surface area (TPSA) is 36.9 Å². The van der Waals surface area contributed by atoms with E-state index < -0.39 is 0 Å². The largest absolute Gasteiger partial charge is 0.493 e. The molecule has 0 radical (unpaired) electrons. The van der Waals surface area contributed by atoms with Crippen LogP contribution in [0.2, 0.25) is 0 Å². The summed E-state index contributed by atoms with van der Waals surface area (Å²) in [5.41, 5.74) is 2.44. The molecule has 0 saturated heterocycles. The first-order chi connectivity index (χ1) is 10.3. The highest BCUT2D eigenvalue weighted by Gasteiger charge is 2.13. The lowest BCUT2D eigenvalue weighted by molar-refractivity contribution is 0.174. The molecule has 0 atom stereocenters. The molecule has 1 aliphatic rings. The van der Waals surface area contributed by atoms with Crippen molar-refractivity contribution in [2.45, 2.75) is 12.8 Å². The number of hydrogen-bond acceptors (Lipinski definition) is 4. The van der Waals surface area contributed by atoms with Crippen molar-refractivity contribution in [3.8, 4) is 23.0 Å². The van der Waals surface area contributed by atoms with E-state index >= 15 is 0 Å². The van der Waals surface area contributed by atoms with Crippen LogP contribution >= 0.6 is 0 Å². The predicted molar refractivity (Wildman–Crippen MR) is 79.5 cm³/mol. The first kappa shape index (κ1) is 13.6. The maximum Gasteiger partial charge on any atom is 0.231 e. The van der Waals surface area contributed by atoms with Gasteiger partial charge in [0.25, 0.3) is 0 Å². The predicted octanol–water partition coefficient (Wildman–Crippen LogP) is 3.22. The fourth-order valence-electron chi connectivity index (χ4n) is 2.42. The lowest BCUT2D eigenvalue weighted by Crippen LogP contribution is -1.95. The van der Waals surface area contributed by atoms with E-state index in [1.54, 1.807) is 14.2 Å². The van der Waals surface area contributed by atoms with Crippen LogP contribution in [0.25, 0.3) is 0 Å². The molecule has 0 saturated carbocycles. The number of aryl methyl sites for hydroxylation is 2. The summed E-state index contributed by atoms with van der Waals surface area (Å²) in [6, 6.07) is 12.1. The molecule has 21 heavy (non-hydrogen) atoms. The lowest BCUT2D eigenvalue weighted by atomic mass is 10.0. The van der Waals surface area contributed by atoms with Crippen LogP contribution in [0.5, 0.6) is 23.0 Å². The van der Waals surface area contributed by atoms with Crippen LogP contribution in [0.4, 0.5) is 0 Å². The van der Waals surface area contributed by atoms with Crippen molar-refractivity contribution >= 4 is 0 Å². The van der Waals surface area contributed by atoms with Crippen LogP contribution in [-0.2, 0) is 12.8 Å². The van der Waals surface area contributed by atoms with Gasteiger partial charge in [-0.1, -0.05) is 12.1 Å². The summed E-state index contributed by atoms with van der Waals surface area (Å²) in [4.78, 5) is 0. The average Bonchev–Trinajstić information content (AvgIpc) is 3.00. The smallest absolute Gasteiger partial charge is 0.231 e. The first-order valence-corrected chi connectivity index (χ1v) is 6.89. The molecule has 1 aliphatic heterocycles. The number of fused-ring (bicyclic) bond motifs is 1. The molecule has 2 aromatic carbocycles. The monoisotopic (exact) mass is 286 g/mol. The Labute approximate surface area is 124 Å². The normalized spacial score (nSPS) is 12.3. The molecule has 0 amide bonds. The second-order valence-electron chi connectivity index (χ2n) is 4.88. The van der Waals surface area contributed by atoms with Gasteiger partial charge in [-0.2, -0.15) is 0 Å². The zero-order valence-electron chi connectivity index (χ0n) is 12.2. The minimum absolute atomic E-state index is 0.314. The maximum atomic E-state index is 5.40. The van der Waals surface area contributed by atoms with Crippen LogP contribution in [0, 0.1) is 0 Å². The molecule has 0 aromatic heterocycles. The fraction of sp³-hybridized carbons (Fsp3) is 0.294. The van der Waals surface area contributed by atoms with Gasteiger partial charge >= 0.3 is 0 Å². The molecule has 0 spiro atoms. The van der Waals surface area contributed by atoms with Gasteiger partial charge in [0.15, 0.2) is 23.0 Å². The lowest BCUT2D eigenvalue weighted by Gasteiger charge is -2.09. The van der Waals surface area contributed by atoms with E-state index in [9.17, 15) is 0 Å². The third-order valence-electron chi connectivity index (χ3n) is 3.59. The summed E-state index contributed by atoms with van der Waals surface area (Å²) < 4.78 is 21.3. The summed E-state index contributed by atoms with van der Waals surface area (Å²) in [6.07, 6.45) is 1.87. The standard InChI is InChI=1S/C17H18O4/c1-18-14-7-5-12(9-16(14)19-2)3-4-13-6-8-15-17(10-13)21-11-20-15/h5-10H,3-4,11H2,1-2H3. The minimum Gasteiger partial charge on any atom is -0.493 e. The van der Waals surface area contributed by atoms with E-state index in [-0.39, 0.29) is 0 Å². The summed E-state index contributed by atoms with van der Waals surface area (Å²) in [6.45, 7) is 0.314. The van der Waals surface area contributed by atoms with E-state index in [0.29, 0.717) is 6.79 Å². The highest BCUT2D eigenvalue weighted by molar-refractivity contribution is 5.45. The first-order valence-electron chi connectivity index (χ1n) is 6.89. The van der Waals surface area contributed by atoms with Crippen LogP contribution in [-0.4, -0.2) is 21.0 Å². The van der Waals surface area contributed by atoms with Gasteiger partial charge < -0.3 is 18.9 Å². The zero-order chi connectivity index (χ0) is 14.7. The van der Waals surface area contributed by atoms with Gasteiger partial charge in [-0.25, -0.2) is 0 Å². The Kier molecular flexibility index (Phi) is 3.86. The molecule has 0 fully saturated rings. The quantitative estimate of drug-likeness (QED) is 0.845. The van der Waals surface area contributed by atoms with Crippen molar-refractivity contribution in [3.05, 3.63) is 47.5 Å². The Balaban J connectivity index is 1.70. The van der Waals surface area contributed by atoms with E-state index in [2.05, 4.69) is 12.1 Å². The Morgan fingerprint density at radius 1 is 0.810 bits per heavy atom. The van der Waals surface area contributed by atoms with E-state index in [0.717, 1.165) is 35.8 Å². The maximum absolute atomic E-state index is 5.40. The Hall–Kier alpha value is -2.36. The van der Waals surface area contributed by atoms with Gasteiger partial charge in [-0.15, -0.1) is 0 Å². The molecule has 1 heterocycles. The average molecular weight is 286 g/mol. The minimum atomic E-state index is 0.314. The Morgan fingerprint density at radius 3 is 2.24 bits per heavy atom. The van der Waals surface area contributed by atoms with Crippen molar-refractivity contribution in [2.75, 3.05) is 21.0 Å². The van der Waals surface area contributed by atoms with Crippen molar-refractivity contribution in [1.82, 2.24) is 0 Å². The van der Waals surface area contributed by atoms with Crippen LogP contribution in [0.3, 0.4) is 0 Å². The molecule has 0 aliphatic carbocycles. The summed E-state index contributed by atoms with van der Waals surface area (Å²) in [7, 11) is 3.30. The van der Waals surface area contributed by atoms with Crippen LogP contribution in [0.15, 0.2) is 36.4 Å². The molecule has 0 N–H and O–H groups in total. The van der Waals surface area contributed by atoms with Crippen LogP contribution < -0.4 is 18.9 Å². The van der Waals surface area contributed by atoms with Gasteiger partial charge in [-0.05, 0) is 48.2 Å². The molecule has 3 rings (SSSR count). The van der Waals surface area contributed by atoms with Crippen molar-refractivity contribution in [3.63, 3.8) is 0 Å². The Bertz CT molecular complexity index is 637. The molecule has 4 nitrogen and oxygen atoms in total. The fourth-order valence-corrected chi connectivity index (χ4v) is 2.42. The second-order valence-corrected chi connectivity index (χ2v) is 4.88. The highest BCUT2D eigenvalue weighted by atomic mass is 16.7. The molecule has 0 unspecified atom stereocenters. The van der Waals surface area contributed by atoms with Gasteiger partial charge in [0.05, 0.1) is 14.2 Å². The van der Waals surface area contributed by atoms with E-state index in [1.165, 1.54) is 11.1 Å². The Morgan fingerprint density at radius 2 is 1.48 bits per heavy atom. The molecular formula is C17H18O4. The van der Waals surface area contributed by atoms with E-state index in [1.807, 2.05) is 24.3 Å². The third-order valence-corrected chi connectivity index (χ3v) is 3.59. The molecule has 2 aromatic rings. The SMILES string of the molecule is COc1ccc(CCc2ccc3c(c2)OCO3)cc1OC. The highest BCUT2D eigenvalue weighted by Crippen LogP contribution is 2.33. The number of hydrogen-bond donors (Lipinski definition) is 0. The molecule has 110 valence electrons. The van der Waals surface area contributed by atoms with Gasteiger partial charge in [0.2, 0.25) is 6.79 Å². The summed E-state index contributed by atoms with van der Waals surface area (Å²) in [5.74, 6) is 3.18. The summed E-state index contributed by atoms with van der Waals surface area (Å²) in [5, 5.41) is 0. The number of rotatable bonds is 5. The van der Waals surface area contributed by atoms with Crippen molar-refractivity contribution < 1.29 is 18.9 Å². The van der Waals surface area contributed by atoms with Gasteiger partial charge in [-0.3, -0.25) is 0 Å². The number of ether oxygens (including phenoxy) is 4. The molecule has 0 bridgehead atoms. The van der Waals surface area contributed by atoms with E-state index in [4.69, 9.17) is 18.9 Å². The van der Waals surface area contributed by atoms with Crippen molar-refractivity contribution in [1.29, 1.82) is 0 Å². The van der Waals surface area contributed by atoms with Gasteiger partial charge in [0, 0.05) is 0 Å². The molecule has 4 heteroatoms. The van der Waals surface area contributed by atoms with Crippen LogP contribution in [0.1, 0.15) is 11.1 Å². The number of benzene rings is 2. The van der Waals surface area contributed by atoms with Gasteiger partial charge in [0.1, 0.15) is 0 Å². The number of methoxy groups -OCH3 is 2. The zero-order valence-corrected chi connectivity index (χ0v) is 12.2. The third kappa shape index (κ3) is 2.89. The molecular weight excluding hydrogens is 268 g/mol. The van der Waals surface area contributed by atoms with Crippen molar-refractivity contribution in [2.24, 2.45) is 0 Å². The second kappa shape index (κ2) is 5.95. The summed E-state index contributed by atoms with van der Waals surface area (Å²) >= 11 is 0.